The third-order valence-corrected chi connectivity index (χ3v) is 8.56. The van der Waals surface area contributed by atoms with Crippen LogP contribution in [0.4, 0.5) is 0 Å². The molecule has 7 heteroatoms. The number of piperidine rings is 1. The van der Waals surface area contributed by atoms with Crippen LogP contribution >= 0.6 is 0 Å². The van der Waals surface area contributed by atoms with E-state index in [-0.39, 0.29) is 23.7 Å². The van der Waals surface area contributed by atoms with E-state index in [1.54, 1.807) is 24.1 Å². The number of aromatic hydroxyl groups is 1. The normalized spacial score (nSPS) is 32.7. The van der Waals surface area contributed by atoms with E-state index in [9.17, 15) is 15.0 Å². The van der Waals surface area contributed by atoms with E-state index in [2.05, 4.69) is 23.3 Å². The van der Waals surface area contributed by atoms with Gasteiger partial charge in [0.2, 0.25) is 0 Å². The number of carbonyl (C=O) groups is 1. The minimum Gasteiger partial charge on any atom is -0.504 e. The lowest BCUT2D eigenvalue weighted by atomic mass is 9.48. The molecule has 1 saturated carbocycles. The van der Waals surface area contributed by atoms with Crippen molar-refractivity contribution in [3.8, 4) is 23.3 Å². The standard InChI is InChI=1S/C27H28N2O5/c1-3-12-29-13-11-26-23-18-5-6-20(30)24(23)34-25(26)19(8-10-27(26,32)21(29)15-18)28(2)22(31)7-4-17-9-14-33-16-17/h3,5-6,9,14,16,19,21,25,30,32H,1,8,10-13,15H2,2H3/t19-,21-,25+,26+,27-/m1/s1. The maximum absolute atomic E-state index is 13.1. The Bertz CT molecular complexity index is 1230. The first-order valence-corrected chi connectivity index (χ1v) is 11.8. The number of phenolic OH excluding ortho intramolecular Hbond substituents is 1. The average Bonchev–Trinajstić information content (AvgIpc) is 3.46. The maximum atomic E-state index is 13.1. The molecule has 2 N–H and O–H groups in total. The first kappa shape index (κ1) is 21.3. The number of hydrogen-bond acceptors (Lipinski definition) is 6. The highest BCUT2D eigenvalue weighted by molar-refractivity contribution is 5.94. The van der Waals surface area contributed by atoms with E-state index in [4.69, 9.17) is 9.15 Å². The molecule has 2 bridgehead atoms. The van der Waals surface area contributed by atoms with Crippen LogP contribution in [0, 0.1) is 11.8 Å². The molecular formula is C27H28N2O5. The third-order valence-electron chi connectivity index (χ3n) is 8.56. The van der Waals surface area contributed by atoms with E-state index >= 15 is 0 Å². The lowest BCUT2D eigenvalue weighted by molar-refractivity contribution is -0.197. The molecule has 4 aliphatic rings. The summed E-state index contributed by atoms with van der Waals surface area (Å²) >= 11 is 0. The molecule has 7 nitrogen and oxygen atoms in total. The summed E-state index contributed by atoms with van der Waals surface area (Å²) in [6.45, 7) is 5.41. The molecule has 1 aromatic heterocycles. The largest absolute Gasteiger partial charge is 0.504 e. The Hall–Kier alpha value is -3.21. The Labute approximate surface area is 198 Å². The molecule has 2 aromatic rings. The molecule has 1 amide bonds. The Morgan fingerprint density at radius 3 is 3.00 bits per heavy atom. The lowest BCUT2D eigenvalue weighted by Gasteiger charge is -2.64. The molecule has 2 aliphatic heterocycles. The number of benzene rings is 1. The van der Waals surface area contributed by atoms with Crippen LogP contribution in [0.1, 0.15) is 36.0 Å². The summed E-state index contributed by atoms with van der Waals surface area (Å²) in [5.41, 5.74) is 0.972. The quantitative estimate of drug-likeness (QED) is 0.540. The van der Waals surface area contributed by atoms with Gasteiger partial charge in [0, 0.05) is 31.1 Å². The van der Waals surface area contributed by atoms with Gasteiger partial charge in [0.05, 0.1) is 28.9 Å². The monoisotopic (exact) mass is 460 g/mol. The summed E-state index contributed by atoms with van der Waals surface area (Å²) in [4.78, 5) is 17.0. The van der Waals surface area contributed by atoms with E-state index in [1.165, 1.54) is 12.5 Å². The molecule has 34 heavy (non-hydrogen) atoms. The van der Waals surface area contributed by atoms with Crippen molar-refractivity contribution in [3.05, 3.63) is 60.1 Å². The summed E-state index contributed by atoms with van der Waals surface area (Å²) < 4.78 is 11.5. The predicted octanol–water partition coefficient (Wildman–Crippen LogP) is 2.20. The summed E-state index contributed by atoms with van der Waals surface area (Å²) in [6, 6.07) is 4.99. The minimum atomic E-state index is -1.02. The molecule has 5 atom stereocenters. The van der Waals surface area contributed by atoms with Gasteiger partial charge >= 0.3 is 0 Å². The van der Waals surface area contributed by atoms with Gasteiger partial charge in [0.25, 0.3) is 5.91 Å². The SMILES string of the molecule is C=CCN1CC[C@]23c4c5ccc(O)c4O[C@H]2[C@H](N(C)C(=O)C#Cc2ccoc2)CC[C@@]3(O)[C@H]1C5. The molecule has 1 saturated heterocycles. The minimum absolute atomic E-state index is 0.0730. The van der Waals surface area contributed by atoms with E-state index in [0.29, 0.717) is 43.5 Å². The molecule has 0 radical (unpaired) electrons. The number of rotatable bonds is 3. The van der Waals surface area contributed by atoms with Crippen LogP contribution in [0.2, 0.25) is 0 Å². The average molecular weight is 461 g/mol. The molecular weight excluding hydrogens is 432 g/mol. The summed E-state index contributed by atoms with van der Waals surface area (Å²) in [5, 5.41) is 23.1. The van der Waals surface area contributed by atoms with Gasteiger partial charge in [-0.2, -0.15) is 0 Å². The number of amides is 1. The maximum Gasteiger partial charge on any atom is 0.298 e. The van der Waals surface area contributed by atoms with Crippen molar-refractivity contribution in [2.45, 2.75) is 54.9 Å². The number of aliphatic hydroxyl groups is 1. The van der Waals surface area contributed by atoms with Gasteiger partial charge in [-0.05, 0) is 49.9 Å². The second-order valence-corrected chi connectivity index (χ2v) is 9.92. The number of nitrogens with zero attached hydrogens (tertiary/aromatic N) is 2. The van der Waals surface area contributed by atoms with Crippen molar-refractivity contribution < 1.29 is 24.2 Å². The fraction of sp³-hybridized carbons (Fsp3) is 0.444. The number of ether oxygens (including phenoxy) is 1. The smallest absolute Gasteiger partial charge is 0.298 e. The zero-order chi connectivity index (χ0) is 23.7. The van der Waals surface area contributed by atoms with Gasteiger partial charge in [-0.25, -0.2) is 0 Å². The first-order chi connectivity index (χ1) is 16.4. The van der Waals surface area contributed by atoms with Crippen molar-refractivity contribution in [2.75, 3.05) is 20.1 Å². The Morgan fingerprint density at radius 1 is 1.38 bits per heavy atom. The second kappa shape index (κ2) is 7.39. The van der Waals surface area contributed by atoms with Gasteiger partial charge < -0.3 is 24.3 Å². The van der Waals surface area contributed by atoms with Crippen LogP contribution in [-0.2, 0) is 16.6 Å². The number of phenols is 1. The molecule has 1 spiro atoms. The number of likely N-dealkylation sites (N-methyl/N-ethyl adjacent to an activating group) is 1. The molecule has 0 unspecified atom stereocenters. The zero-order valence-electron chi connectivity index (χ0n) is 19.2. The van der Waals surface area contributed by atoms with E-state index < -0.39 is 17.1 Å². The van der Waals surface area contributed by atoms with Gasteiger partial charge in [-0.1, -0.05) is 18.1 Å². The van der Waals surface area contributed by atoms with Gasteiger partial charge in [0.1, 0.15) is 12.4 Å². The van der Waals surface area contributed by atoms with Crippen molar-refractivity contribution in [2.24, 2.45) is 0 Å². The fourth-order valence-electron chi connectivity index (χ4n) is 7.09. The summed E-state index contributed by atoms with van der Waals surface area (Å²) in [7, 11) is 1.75. The zero-order valence-corrected chi connectivity index (χ0v) is 19.2. The van der Waals surface area contributed by atoms with Crippen LogP contribution < -0.4 is 4.74 Å². The van der Waals surface area contributed by atoms with Crippen molar-refractivity contribution in [1.29, 1.82) is 0 Å². The molecule has 6 rings (SSSR count). The predicted molar refractivity (Wildman–Crippen MR) is 124 cm³/mol. The van der Waals surface area contributed by atoms with Crippen LogP contribution in [0.15, 0.2) is 47.8 Å². The van der Waals surface area contributed by atoms with Crippen LogP contribution in [0.3, 0.4) is 0 Å². The highest BCUT2D eigenvalue weighted by atomic mass is 16.5. The number of carbonyl (C=O) groups excluding carboxylic acids is 1. The molecule has 2 aliphatic carbocycles. The van der Waals surface area contributed by atoms with Crippen LogP contribution in [0.5, 0.6) is 11.5 Å². The molecule has 1 aromatic carbocycles. The Balaban J connectivity index is 1.42. The third kappa shape index (κ3) is 2.64. The van der Waals surface area contributed by atoms with E-state index in [0.717, 1.165) is 17.7 Å². The highest BCUT2D eigenvalue weighted by Gasteiger charge is 2.73. The topological polar surface area (TPSA) is 86.4 Å². The Morgan fingerprint density at radius 2 is 2.24 bits per heavy atom. The Kier molecular flexibility index (Phi) is 4.64. The van der Waals surface area contributed by atoms with Gasteiger partial charge in [0.15, 0.2) is 11.5 Å². The highest BCUT2D eigenvalue weighted by Crippen LogP contribution is 2.65. The van der Waals surface area contributed by atoms with Crippen LogP contribution in [0.25, 0.3) is 0 Å². The van der Waals surface area contributed by atoms with Crippen molar-refractivity contribution in [3.63, 3.8) is 0 Å². The number of likely N-dealkylation sites (tertiary alicyclic amines) is 1. The lowest BCUT2D eigenvalue weighted by Crippen LogP contribution is -2.78. The van der Waals surface area contributed by atoms with Crippen molar-refractivity contribution >= 4 is 5.91 Å². The van der Waals surface area contributed by atoms with E-state index in [1.807, 2.05) is 12.1 Å². The van der Waals surface area contributed by atoms with Crippen LogP contribution in [-0.4, -0.2) is 69.8 Å². The summed E-state index contributed by atoms with van der Waals surface area (Å²) in [5.74, 6) is 5.80. The number of hydrogen-bond donors (Lipinski definition) is 2. The fourth-order valence-corrected chi connectivity index (χ4v) is 7.09. The molecule has 176 valence electrons. The molecule has 3 heterocycles. The first-order valence-electron chi connectivity index (χ1n) is 11.8. The van der Waals surface area contributed by atoms with Gasteiger partial charge in [-0.15, -0.1) is 6.58 Å². The number of furan rings is 1. The van der Waals surface area contributed by atoms with Crippen molar-refractivity contribution in [1.82, 2.24) is 9.80 Å². The second-order valence-electron chi connectivity index (χ2n) is 9.92. The summed E-state index contributed by atoms with van der Waals surface area (Å²) in [6.07, 6.45) is 6.94. The molecule has 2 fully saturated rings. The van der Waals surface area contributed by atoms with Gasteiger partial charge in [-0.3, -0.25) is 9.69 Å².